The molecule has 0 bridgehead atoms. The minimum absolute atomic E-state index is 0.281. The van der Waals surface area contributed by atoms with Crippen LogP contribution < -0.4 is 5.32 Å². The summed E-state index contributed by atoms with van der Waals surface area (Å²) in [5.41, 5.74) is 0. The van der Waals surface area contributed by atoms with Crippen LogP contribution in [-0.2, 0) is 14.3 Å². The molecule has 1 atom stereocenters. The Morgan fingerprint density at radius 2 is 2.06 bits per heavy atom. The van der Waals surface area contributed by atoms with E-state index in [2.05, 4.69) is 10.1 Å². The van der Waals surface area contributed by atoms with Crippen LogP contribution in [0.4, 0.5) is 13.2 Å². The van der Waals surface area contributed by atoms with E-state index in [-0.39, 0.29) is 12.3 Å². The Morgan fingerprint density at radius 1 is 1.47 bits per heavy atom. The normalized spacial score (nSPS) is 13.2. The number of rotatable bonds is 7. The number of methoxy groups -OCH3 is 1. The summed E-state index contributed by atoms with van der Waals surface area (Å²) >= 11 is 0.411. The zero-order valence-corrected chi connectivity index (χ0v) is 9.73. The van der Waals surface area contributed by atoms with Crippen molar-refractivity contribution in [2.75, 3.05) is 25.2 Å². The number of alkyl halides is 3. The molecule has 0 aromatic rings. The molecule has 9 heteroatoms. The Balaban J connectivity index is 3.76. The van der Waals surface area contributed by atoms with Crippen LogP contribution in [0.2, 0.25) is 0 Å². The van der Waals surface area contributed by atoms with Crippen LogP contribution in [0.5, 0.6) is 0 Å². The molecular weight excluding hydrogens is 263 g/mol. The van der Waals surface area contributed by atoms with Gasteiger partial charge in [0, 0.05) is 7.11 Å². The molecule has 0 fully saturated rings. The smallest absolute Gasteiger partial charge is 0.397 e. The summed E-state index contributed by atoms with van der Waals surface area (Å²) < 4.78 is 39.7. The van der Waals surface area contributed by atoms with Gasteiger partial charge < -0.3 is 15.2 Å². The number of carbonyl (C=O) groups excluding carboxylic acids is 1. The number of halogens is 3. The molecule has 17 heavy (non-hydrogen) atoms. The second-order valence-electron chi connectivity index (χ2n) is 2.97. The molecule has 0 radical (unpaired) electrons. The van der Waals surface area contributed by atoms with E-state index >= 15 is 0 Å². The highest BCUT2D eigenvalue weighted by molar-refractivity contribution is 8.00. The van der Waals surface area contributed by atoms with E-state index in [9.17, 15) is 22.8 Å². The molecule has 0 rings (SSSR count). The fourth-order valence-electron chi connectivity index (χ4n) is 0.788. The highest BCUT2D eigenvalue weighted by atomic mass is 32.2. The van der Waals surface area contributed by atoms with Crippen LogP contribution in [0.15, 0.2) is 0 Å². The van der Waals surface area contributed by atoms with Gasteiger partial charge in [-0.2, -0.15) is 13.2 Å². The maximum absolute atomic E-state index is 11.7. The average Bonchev–Trinajstić information content (AvgIpc) is 2.16. The van der Waals surface area contributed by atoms with E-state index in [1.54, 1.807) is 0 Å². The molecule has 5 nitrogen and oxygen atoms in total. The largest absolute Gasteiger partial charge is 0.479 e. The summed E-state index contributed by atoms with van der Waals surface area (Å²) in [6.45, 7) is -0.281. The summed E-state index contributed by atoms with van der Waals surface area (Å²) in [6.07, 6.45) is -5.52. The summed E-state index contributed by atoms with van der Waals surface area (Å²) in [7, 11) is 1.16. The molecule has 0 aliphatic carbocycles. The lowest BCUT2D eigenvalue weighted by Gasteiger charge is -2.11. The monoisotopic (exact) mass is 275 g/mol. The molecule has 0 aliphatic rings. The number of hydrogen-bond acceptors (Lipinski definition) is 4. The van der Waals surface area contributed by atoms with Crippen molar-refractivity contribution in [3.8, 4) is 0 Å². The van der Waals surface area contributed by atoms with Gasteiger partial charge in [-0.15, -0.1) is 11.8 Å². The van der Waals surface area contributed by atoms with Gasteiger partial charge in [-0.3, -0.25) is 4.79 Å². The molecule has 1 unspecified atom stereocenters. The van der Waals surface area contributed by atoms with E-state index < -0.39 is 29.9 Å². The first-order valence-corrected chi connectivity index (χ1v) is 5.58. The molecule has 0 heterocycles. The van der Waals surface area contributed by atoms with Gasteiger partial charge in [0.05, 0.1) is 18.1 Å². The Morgan fingerprint density at radius 3 is 2.47 bits per heavy atom. The predicted octanol–water partition coefficient (Wildman–Crippen LogP) is 0.498. The fourth-order valence-corrected chi connectivity index (χ4v) is 1.41. The number of nitrogens with one attached hydrogen (secondary N) is 1. The second kappa shape index (κ2) is 7.38. The third-order valence-electron chi connectivity index (χ3n) is 1.54. The Kier molecular flexibility index (Phi) is 6.97. The molecule has 2 N–H and O–H groups in total. The first-order valence-electron chi connectivity index (χ1n) is 4.43. The number of hydrogen-bond donors (Lipinski definition) is 2. The zero-order chi connectivity index (χ0) is 13.5. The van der Waals surface area contributed by atoms with Crippen molar-refractivity contribution < 1.29 is 32.6 Å². The molecule has 0 aromatic heterocycles. The third-order valence-corrected chi connectivity index (χ3v) is 2.54. The van der Waals surface area contributed by atoms with E-state index in [0.717, 1.165) is 7.11 Å². The van der Waals surface area contributed by atoms with Crippen molar-refractivity contribution in [3.63, 3.8) is 0 Å². The first-order chi connectivity index (χ1) is 7.76. The van der Waals surface area contributed by atoms with Crippen LogP contribution in [0, 0.1) is 0 Å². The number of carboxylic acids is 1. The molecule has 0 spiro atoms. The second-order valence-corrected chi connectivity index (χ2v) is 3.96. The van der Waals surface area contributed by atoms with E-state index in [4.69, 9.17) is 5.11 Å². The van der Waals surface area contributed by atoms with Gasteiger partial charge in [0.1, 0.15) is 0 Å². The Hall–Kier alpha value is -0.960. The SMILES string of the molecule is COC(CNC(=O)CSCC(F)(F)F)C(=O)O. The molecular formula is C8H12F3NO4S. The van der Waals surface area contributed by atoms with Gasteiger partial charge in [0.25, 0.3) is 0 Å². The zero-order valence-electron chi connectivity index (χ0n) is 8.91. The van der Waals surface area contributed by atoms with Crippen molar-refractivity contribution >= 4 is 23.6 Å². The van der Waals surface area contributed by atoms with Gasteiger partial charge in [0.15, 0.2) is 6.10 Å². The third kappa shape index (κ3) is 8.81. The standard InChI is InChI=1S/C8H12F3NO4S/c1-16-5(7(14)15)2-12-6(13)3-17-4-8(9,10)11/h5H,2-4H2,1H3,(H,12,13)(H,14,15). The van der Waals surface area contributed by atoms with Gasteiger partial charge in [-0.1, -0.05) is 0 Å². The topological polar surface area (TPSA) is 75.6 Å². The molecule has 0 aromatic carbocycles. The highest BCUT2D eigenvalue weighted by Gasteiger charge is 2.27. The van der Waals surface area contributed by atoms with Gasteiger partial charge in [-0.05, 0) is 0 Å². The summed E-state index contributed by atoms with van der Waals surface area (Å²) in [4.78, 5) is 21.5. The number of aliphatic carboxylic acids is 1. The van der Waals surface area contributed by atoms with Gasteiger partial charge in [0.2, 0.25) is 5.91 Å². The van der Waals surface area contributed by atoms with E-state index in [1.165, 1.54) is 0 Å². The van der Waals surface area contributed by atoms with Crippen LogP contribution in [0.3, 0.4) is 0 Å². The lowest BCUT2D eigenvalue weighted by Crippen LogP contribution is -2.38. The Labute approximate surface area is 99.7 Å². The van der Waals surface area contributed by atoms with Crippen LogP contribution in [0.25, 0.3) is 0 Å². The summed E-state index contributed by atoms with van der Waals surface area (Å²) in [6, 6.07) is 0. The van der Waals surface area contributed by atoms with Crippen molar-refractivity contribution in [1.82, 2.24) is 5.32 Å². The number of thioether (sulfide) groups is 1. The number of ether oxygens (including phenoxy) is 1. The van der Waals surface area contributed by atoms with Crippen molar-refractivity contribution in [2.45, 2.75) is 12.3 Å². The molecule has 0 saturated carbocycles. The van der Waals surface area contributed by atoms with Crippen molar-refractivity contribution in [3.05, 3.63) is 0 Å². The highest BCUT2D eigenvalue weighted by Crippen LogP contribution is 2.20. The average molecular weight is 275 g/mol. The Bertz CT molecular complexity index is 272. The lowest BCUT2D eigenvalue weighted by atomic mass is 10.3. The fraction of sp³-hybridized carbons (Fsp3) is 0.750. The number of carboxylic acid groups (broad SMARTS) is 1. The number of amides is 1. The van der Waals surface area contributed by atoms with Crippen LogP contribution in [-0.4, -0.2) is 54.4 Å². The van der Waals surface area contributed by atoms with Crippen molar-refractivity contribution in [2.24, 2.45) is 0 Å². The summed E-state index contributed by atoms with van der Waals surface area (Å²) in [5, 5.41) is 10.7. The van der Waals surface area contributed by atoms with Crippen molar-refractivity contribution in [1.29, 1.82) is 0 Å². The van der Waals surface area contributed by atoms with E-state index in [1.807, 2.05) is 0 Å². The quantitative estimate of drug-likeness (QED) is 0.707. The van der Waals surface area contributed by atoms with Gasteiger partial charge >= 0.3 is 12.1 Å². The minimum Gasteiger partial charge on any atom is -0.479 e. The van der Waals surface area contributed by atoms with E-state index in [0.29, 0.717) is 11.8 Å². The first kappa shape index (κ1) is 16.0. The lowest BCUT2D eigenvalue weighted by molar-refractivity contribution is -0.148. The molecule has 0 saturated heterocycles. The predicted molar refractivity (Wildman–Crippen MR) is 54.8 cm³/mol. The maximum Gasteiger partial charge on any atom is 0.397 e. The van der Waals surface area contributed by atoms with Gasteiger partial charge in [-0.25, -0.2) is 4.79 Å². The number of carbonyl (C=O) groups is 2. The maximum atomic E-state index is 11.7. The van der Waals surface area contributed by atoms with Crippen LogP contribution in [0.1, 0.15) is 0 Å². The molecule has 0 aliphatic heterocycles. The van der Waals surface area contributed by atoms with Crippen LogP contribution >= 0.6 is 11.8 Å². The molecule has 100 valence electrons. The summed E-state index contributed by atoms with van der Waals surface area (Å²) in [5.74, 6) is -3.42. The minimum atomic E-state index is -4.32. The molecule has 1 amide bonds.